The first-order chi connectivity index (χ1) is 13.9. The molecule has 150 valence electrons. The van der Waals surface area contributed by atoms with Crippen molar-refractivity contribution in [1.29, 1.82) is 0 Å². The Morgan fingerprint density at radius 2 is 1.93 bits per heavy atom. The lowest BCUT2D eigenvalue weighted by atomic mass is 10.2. The largest absolute Gasteiger partial charge is 0.462 e. The van der Waals surface area contributed by atoms with Crippen LogP contribution in [0.15, 0.2) is 54.6 Å². The van der Waals surface area contributed by atoms with E-state index < -0.39 is 0 Å². The van der Waals surface area contributed by atoms with Gasteiger partial charge in [-0.05, 0) is 68.0 Å². The second kappa shape index (κ2) is 9.54. The highest BCUT2D eigenvalue weighted by Crippen LogP contribution is 2.16. The number of aryl methyl sites for hydroxylation is 1. The second-order valence-electron chi connectivity index (χ2n) is 6.34. The van der Waals surface area contributed by atoms with Crippen LogP contribution >= 0.6 is 23.8 Å². The summed E-state index contributed by atoms with van der Waals surface area (Å²) in [7, 11) is 0. The number of halogens is 1. The van der Waals surface area contributed by atoms with E-state index in [4.69, 9.17) is 28.6 Å². The number of ether oxygens (including phenoxy) is 1. The monoisotopic (exact) mass is 428 g/mol. The van der Waals surface area contributed by atoms with Gasteiger partial charge in [0.2, 0.25) is 0 Å². The van der Waals surface area contributed by atoms with E-state index in [1.807, 2.05) is 41.9 Å². The zero-order chi connectivity index (χ0) is 20.8. The van der Waals surface area contributed by atoms with Gasteiger partial charge in [-0.2, -0.15) is 5.10 Å². The van der Waals surface area contributed by atoms with Gasteiger partial charge < -0.3 is 15.4 Å². The van der Waals surface area contributed by atoms with E-state index in [1.54, 1.807) is 31.2 Å². The van der Waals surface area contributed by atoms with E-state index in [1.165, 1.54) is 0 Å². The summed E-state index contributed by atoms with van der Waals surface area (Å²) >= 11 is 11.4. The molecule has 0 aliphatic heterocycles. The molecule has 0 unspecified atom stereocenters. The average molecular weight is 429 g/mol. The Hall–Kier alpha value is -2.90. The Balaban J connectivity index is 1.60. The number of aromatic nitrogens is 2. The Morgan fingerprint density at radius 3 is 2.62 bits per heavy atom. The van der Waals surface area contributed by atoms with E-state index in [0.29, 0.717) is 34.7 Å². The summed E-state index contributed by atoms with van der Waals surface area (Å²) in [6, 6.07) is 16.5. The van der Waals surface area contributed by atoms with Gasteiger partial charge in [-0.3, -0.25) is 4.68 Å². The minimum absolute atomic E-state index is 0.343. The molecule has 0 radical (unpaired) electrons. The number of carbonyl (C=O) groups is 1. The van der Waals surface area contributed by atoms with Gasteiger partial charge in [0.05, 0.1) is 18.7 Å². The summed E-state index contributed by atoms with van der Waals surface area (Å²) in [5, 5.41) is 11.8. The molecule has 3 rings (SSSR count). The van der Waals surface area contributed by atoms with Gasteiger partial charge in [0.25, 0.3) is 0 Å². The number of esters is 1. The molecule has 1 heterocycles. The van der Waals surface area contributed by atoms with Gasteiger partial charge in [-0.1, -0.05) is 23.7 Å². The molecule has 0 atom stereocenters. The maximum atomic E-state index is 11.7. The molecule has 29 heavy (non-hydrogen) atoms. The molecule has 8 heteroatoms. The molecule has 0 aliphatic carbocycles. The maximum Gasteiger partial charge on any atom is 0.338 e. The van der Waals surface area contributed by atoms with Crippen molar-refractivity contribution in [2.24, 2.45) is 0 Å². The first-order valence-electron chi connectivity index (χ1n) is 9.08. The number of hydrogen-bond donors (Lipinski definition) is 2. The Labute approximate surface area is 179 Å². The molecule has 2 aromatic carbocycles. The fourth-order valence-corrected chi connectivity index (χ4v) is 3.16. The predicted octanol–water partition coefficient (Wildman–Crippen LogP) is 4.88. The van der Waals surface area contributed by atoms with Crippen molar-refractivity contribution in [3.63, 3.8) is 0 Å². The fourth-order valence-electron chi connectivity index (χ4n) is 2.72. The van der Waals surface area contributed by atoms with Crippen molar-refractivity contribution in [2.45, 2.75) is 20.4 Å². The van der Waals surface area contributed by atoms with Crippen molar-refractivity contribution in [3.05, 3.63) is 76.4 Å². The molecule has 0 aliphatic rings. The molecule has 0 spiro atoms. The van der Waals surface area contributed by atoms with Crippen LogP contribution in [0.5, 0.6) is 0 Å². The van der Waals surface area contributed by atoms with Gasteiger partial charge >= 0.3 is 5.97 Å². The van der Waals surface area contributed by atoms with E-state index >= 15 is 0 Å². The number of nitrogens with zero attached hydrogens (tertiary/aromatic N) is 2. The van der Waals surface area contributed by atoms with Gasteiger partial charge in [0.1, 0.15) is 0 Å². The van der Waals surface area contributed by atoms with Gasteiger partial charge in [0.15, 0.2) is 10.9 Å². The molecule has 3 aromatic rings. The molecule has 0 saturated heterocycles. The highest BCUT2D eigenvalue weighted by Gasteiger charge is 2.09. The first kappa shape index (κ1) is 20.8. The minimum atomic E-state index is -0.347. The van der Waals surface area contributed by atoms with E-state index in [-0.39, 0.29) is 5.97 Å². The number of nitrogens with one attached hydrogen (secondary N) is 2. The zero-order valence-corrected chi connectivity index (χ0v) is 17.7. The normalized spacial score (nSPS) is 10.4. The smallest absolute Gasteiger partial charge is 0.338 e. The highest BCUT2D eigenvalue weighted by atomic mass is 35.5. The van der Waals surface area contributed by atoms with Crippen LogP contribution in [0.1, 0.15) is 28.5 Å². The van der Waals surface area contributed by atoms with Crippen molar-refractivity contribution < 1.29 is 9.53 Å². The van der Waals surface area contributed by atoms with Crippen LogP contribution in [0.3, 0.4) is 0 Å². The van der Waals surface area contributed by atoms with Crippen LogP contribution in [0.25, 0.3) is 0 Å². The zero-order valence-electron chi connectivity index (χ0n) is 16.1. The molecule has 6 nitrogen and oxygen atoms in total. The number of rotatable bonds is 6. The second-order valence-corrected chi connectivity index (χ2v) is 7.18. The lowest BCUT2D eigenvalue weighted by Gasteiger charge is -2.09. The van der Waals surface area contributed by atoms with Crippen LogP contribution in [0.2, 0.25) is 5.02 Å². The van der Waals surface area contributed by atoms with Crippen molar-refractivity contribution in [3.8, 4) is 0 Å². The topological polar surface area (TPSA) is 68.2 Å². The van der Waals surface area contributed by atoms with Crippen LogP contribution < -0.4 is 10.6 Å². The average Bonchev–Trinajstić information content (AvgIpc) is 3.01. The molecule has 0 amide bonds. The lowest BCUT2D eigenvalue weighted by Crippen LogP contribution is -2.19. The SMILES string of the molecule is CCOC(=O)c1ccc(NC(=S)Nc2cc(C)n(Cc3cccc(Cl)c3)n2)cc1. The van der Waals surface area contributed by atoms with Gasteiger partial charge in [0, 0.05) is 22.5 Å². The lowest BCUT2D eigenvalue weighted by molar-refractivity contribution is 0.0526. The summed E-state index contributed by atoms with van der Waals surface area (Å²) in [6.07, 6.45) is 0. The van der Waals surface area contributed by atoms with Crippen molar-refractivity contribution >= 4 is 46.4 Å². The molecule has 2 N–H and O–H groups in total. The van der Waals surface area contributed by atoms with Gasteiger partial charge in [-0.15, -0.1) is 0 Å². The Bertz CT molecular complexity index is 1020. The molecular formula is C21H21ClN4O2S. The maximum absolute atomic E-state index is 11.7. The summed E-state index contributed by atoms with van der Waals surface area (Å²) in [4.78, 5) is 11.7. The summed E-state index contributed by atoms with van der Waals surface area (Å²) < 4.78 is 6.85. The Morgan fingerprint density at radius 1 is 1.17 bits per heavy atom. The number of benzene rings is 2. The third kappa shape index (κ3) is 5.79. The molecular weight excluding hydrogens is 408 g/mol. The quantitative estimate of drug-likeness (QED) is 0.431. The van der Waals surface area contributed by atoms with Crippen molar-refractivity contribution in [1.82, 2.24) is 9.78 Å². The molecule has 0 bridgehead atoms. The van der Waals surface area contributed by atoms with E-state index in [9.17, 15) is 4.79 Å². The highest BCUT2D eigenvalue weighted by molar-refractivity contribution is 7.80. The van der Waals surface area contributed by atoms with E-state index in [2.05, 4.69) is 15.7 Å². The summed E-state index contributed by atoms with van der Waals surface area (Å²) in [5.74, 6) is 0.297. The van der Waals surface area contributed by atoms with Crippen LogP contribution in [-0.4, -0.2) is 27.5 Å². The van der Waals surface area contributed by atoms with Gasteiger partial charge in [-0.25, -0.2) is 4.79 Å². The van der Waals surface area contributed by atoms with Crippen LogP contribution in [-0.2, 0) is 11.3 Å². The number of thiocarbonyl (C=S) groups is 1. The summed E-state index contributed by atoms with van der Waals surface area (Å²) in [6.45, 7) is 4.71. The number of carbonyl (C=O) groups excluding carboxylic acids is 1. The summed E-state index contributed by atoms with van der Waals surface area (Å²) in [5.41, 5.74) is 3.31. The minimum Gasteiger partial charge on any atom is -0.462 e. The Kier molecular flexibility index (Phi) is 6.85. The molecule has 1 aromatic heterocycles. The fraction of sp³-hybridized carbons (Fsp3) is 0.190. The van der Waals surface area contributed by atoms with Crippen LogP contribution in [0.4, 0.5) is 11.5 Å². The first-order valence-corrected chi connectivity index (χ1v) is 9.87. The standard InChI is InChI=1S/C21H21ClN4O2S/c1-3-28-20(27)16-7-9-18(10-8-16)23-21(29)24-19-11-14(2)26(25-19)13-15-5-4-6-17(22)12-15/h4-12H,3,13H2,1-2H3,(H2,23,24,25,29). The molecule has 0 saturated carbocycles. The van der Waals surface area contributed by atoms with Crippen LogP contribution in [0, 0.1) is 6.92 Å². The molecule has 0 fully saturated rings. The number of anilines is 2. The predicted molar refractivity (Wildman–Crippen MR) is 120 cm³/mol. The number of hydrogen-bond acceptors (Lipinski definition) is 4. The van der Waals surface area contributed by atoms with E-state index in [0.717, 1.165) is 16.9 Å². The van der Waals surface area contributed by atoms with Crippen molar-refractivity contribution in [2.75, 3.05) is 17.2 Å². The third-order valence-corrected chi connectivity index (χ3v) is 4.54. The third-order valence-electron chi connectivity index (χ3n) is 4.10.